The molecule has 0 saturated heterocycles. The van der Waals surface area contributed by atoms with E-state index in [0.717, 1.165) is 33.2 Å². The zero-order valence-corrected chi connectivity index (χ0v) is 36.4. The van der Waals surface area contributed by atoms with Crippen LogP contribution in [0.1, 0.15) is 97.1 Å². The smallest absolute Gasteiger partial charge is 0.136 e. The Morgan fingerprint density at radius 1 is 0.469 bits per heavy atom. The highest BCUT2D eigenvalue weighted by Gasteiger charge is 2.46. The maximum Gasteiger partial charge on any atom is 0.136 e. The topological polar surface area (TPSA) is 37.2 Å². The van der Waals surface area contributed by atoms with Crippen molar-refractivity contribution in [2.75, 3.05) is 0 Å². The molecule has 8 aromatic carbocycles. The molecule has 9 aromatic rings. The summed E-state index contributed by atoms with van der Waals surface area (Å²) in [5.41, 5.74) is 23.1. The van der Waals surface area contributed by atoms with E-state index in [2.05, 4.69) is 194 Å². The first kappa shape index (κ1) is 37.6. The summed E-state index contributed by atoms with van der Waals surface area (Å²) in [7, 11) is 0. The Bertz CT molecular complexity index is 3360. The fourth-order valence-corrected chi connectivity index (χ4v) is 12.2. The molecule has 2 atom stereocenters. The normalized spacial score (nSPS) is 18.9. The molecule has 3 nitrogen and oxygen atoms in total. The fourth-order valence-electron chi connectivity index (χ4n) is 12.2. The fraction of sp³-hybridized carbons (Fsp3) is 0.180. The molecule has 2 N–H and O–H groups in total. The maximum absolute atomic E-state index is 6.35. The van der Waals surface area contributed by atoms with Gasteiger partial charge in [-0.25, -0.2) is 0 Å². The molecular formula is C61H50N2O. The summed E-state index contributed by atoms with van der Waals surface area (Å²) in [5, 5.41) is 10.1. The number of nitrogens with one attached hydrogen (secondary N) is 2. The molecule has 1 fully saturated rings. The van der Waals surface area contributed by atoms with Gasteiger partial charge in [0.05, 0.1) is 6.04 Å². The van der Waals surface area contributed by atoms with Gasteiger partial charge in [-0.1, -0.05) is 167 Å². The standard InChI is InChI=1S/C61H50N2O/c1-60(2)51-26-15-24-44(58(51)49-36-53-48(35-52(49)60)45-22-7-9-25-50(45)61(53)30-11-4-12-31-61)41-20-13-18-39(32-41)40-19-14-21-42(33-40)54-37-55(63-59(62-54)38-16-5-3-6-17-38)43-28-29-47-46-23-8-10-27-56(46)64-57(47)34-43/h3,5-10,13-29,32-37,54,59,62-63H,4,11-12,30-31H2,1-2H3. The monoisotopic (exact) mass is 826 g/mol. The minimum absolute atomic E-state index is 0.0348. The molecule has 0 bridgehead atoms. The Morgan fingerprint density at radius 2 is 1.16 bits per heavy atom. The lowest BCUT2D eigenvalue weighted by atomic mass is 9.67. The molecule has 310 valence electrons. The second-order valence-corrected chi connectivity index (χ2v) is 19.2. The largest absolute Gasteiger partial charge is 0.456 e. The summed E-state index contributed by atoms with van der Waals surface area (Å²) in [5.74, 6) is 0. The first-order chi connectivity index (χ1) is 31.4. The van der Waals surface area contributed by atoms with Gasteiger partial charge in [0.1, 0.15) is 17.3 Å². The SMILES string of the molecule is CC1(C)c2cc3c(cc2-c2c(-c4cccc(-c5cccc(C6C=C(c7ccc8c(c7)oc7ccccc78)NC(c7ccccc7)N6)c5)c4)cccc21)C1(CCCCC1)c1ccccc1-3. The van der Waals surface area contributed by atoms with E-state index in [1.165, 1.54) is 98.9 Å². The quantitative estimate of drug-likeness (QED) is 0.181. The van der Waals surface area contributed by atoms with E-state index >= 15 is 0 Å². The van der Waals surface area contributed by atoms with Crippen molar-refractivity contribution in [1.29, 1.82) is 0 Å². The van der Waals surface area contributed by atoms with Crippen LogP contribution < -0.4 is 10.6 Å². The van der Waals surface area contributed by atoms with Gasteiger partial charge >= 0.3 is 0 Å². The molecule has 64 heavy (non-hydrogen) atoms. The van der Waals surface area contributed by atoms with E-state index in [9.17, 15) is 0 Å². The van der Waals surface area contributed by atoms with Gasteiger partial charge in [-0.05, 0) is 139 Å². The van der Waals surface area contributed by atoms with Gasteiger partial charge in [0.25, 0.3) is 0 Å². The van der Waals surface area contributed by atoms with Crippen molar-refractivity contribution in [1.82, 2.24) is 10.6 Å². The zero-order chi connectivity index (χ0) is 42.6. The Balaban J connectivity index is 0.885. The lowest BCUT2D eigenvalue weighted by molar-refractivity contribution is 0.353. The summed E-state index contributed by atoms with van der Waals surface area (Å²) < 4.78 is 6.35. The third kappa shape index (κ3) is 5.70. The van der Waals surface area contributed by atoms with Crippen molar-refractivity contribution in [2.45, 2.75) is 69.0 Å². The molecule has 2 heterocycles. The number of hydrogen-bond acceptors (Lipinski definition) is 3. The van der Waals surface area contributed by atoms with Gasteiger partial charge in [-0.2, -0.15) is 0 Å². The summed E-state index contributed by atoms with van der Waals surface area (Å²) in [6.07, 6.45) is 8.66. The van der Waals surface area contributed by atoms with Crippen molar-refractivity contribution >= 4 is 27.6 Å². The summed E-state index contributed by atoms with van der Waals surface area (Å²) in [6, 6.07) is 65.4. The summed E-state index contributed by atoms with van der Waals surface area (Å²) in [4.78, 5) is 0. The lowest BCUT2D eigenvalue weighted by Gasteiger charge is -2.36. The zero-order valence-electron chi connectivity index (χ0n) is 36.4. The molecule has 3 heteroatoms. The molecule has 13 rings (SSSR count). The Kier molecular flexibility index (Phi) is 8.39. The van der Waals surface area contributed by atoms with Crippen molar-refractivity contribution in [3.05, 3.63) is 221 Å². The van der Waals surface area contributed by atoms with E-state index in [-0.39, 0.29) is 23.0 Å². The van der Waals surface area contributed by atoms with E-state index < -0.39 is 0 Å². The first-order valence-corrected chi connectivity index (χ1v) is 23.3. The van der Waals surface area contributed by atoms with Crippen LogP contribution in [0.4, 0.5) is 0 Å². The molecule has 1 aromatic heterocycles. The van der Waals surface area contributed by atoms with Crippen LogP contribution in [-0.4, -0.2) is 0 Å². The van der Waals surface area contributed by atoms with Crippen LogP contribution in [0, 0.1) is 0 Å². The van der Waals surface area contributed by atoms with Gasteiger partial charge in [0.15, 0.2) is 0 Å². The minimum Gasteiger partial charge on any atom is -0.456 e. The van der Waals surface area contributed by atoms with Crippen molar-refractivity contribution in [3.8, 4) is 44.5 Å². The van der Waals surface area contributed by atoms with Gasteiger partial charge in [-0.3, -0.25) is 5.32 Å². The maximum atomic E-state index is 6.35. The molecule has 0 radical (unpaired) electrons. The number of furan rings is 1. The Hall–Kier alpha value is -6.94. The first-order valence-electron chi connectivity index (χ1n) is 23.3. The van der Waals surface area contributed by atoms with E-state index in [0.29, 0.717) is 0 Å². The van der Waals surface area contributed by atoms with Gasteiger partial charge in [-0.15, -0.1) is 0 Å². The average Bonchev–Trinajstić information content (AvgIpc) is 3.94. The Labute approximate surface area is 375 Å². The average molecular weight is 827 g/mol. The van der Waals surface area contributed by atoms with Crippen LogP contribution in [0.15, 0.2) is 186 Å². The number of benzene rings is 8. The highest BCUT2D eigenvalue weighted by atomic mass is 16.3. The van der Waals surface area contributed by atoms with Crippen LogP contribution in [0.5, 0.6) is 0 Å². The number of rotatable bonds is 5. The highest BCUT2D eigenvalue weighted by Crippen LogP contribution is 2.60. The third-order valence-electron chi connectivity index (χ3n) is 15.3. The van der Waals surface area contributed by atoms with Crippen molar-refractivity contribution in [2.24, 2.45) is 0 Å². The lowest BCUT2D eigenvalue weighted by Crippen LogP contribution is -2.39. The predicted octanol–water partition coefficient (Wildman–Crippen LogP) is 15.4. The van der Waals surface area contributed by atoms with Crippen molar-refractivity contribution in [3.63, 3.8) is 0 Å². The van der Waals surface area contributed by atoms with Crippen LogP contribution >= 0.6 is 0 Å². The minimum atomic E-state index is -0.109. The molecule has 1 aliphatic heterocycles. The molecule has 1 saturated carbocycles. The molecular weight excluding hydrogens is 777 g/mol. The van der Waals surface area contributed by atoms with Gasteiger partial charge < -0.3 is 9.73 Å². The molecule has 4 aliphatic rings. The van der Waals surface area contributed by atoms with Crippen LogP contribution in [0.3, 0.4) is 0 Å². The van der Waals surface area contributed by atoms with E-state index in [1.807, 2.05) is 12.1 Å². The highest BCUT2D eigenvalue weighted by molar-refractivity contribution is 6.05. The van der Waals surface area contributed by atoms with E-state index in [1.54, 1.807) is 11.1 Å². The van der Waals surface area contributed by atoms with Crippen LogP contribution in [0.25, 0.3) is 72.1 Å². The van der Waals surface area contributed by atoms with Gasteiger partial charge in [0.2, 0.25) is 0 Å². The molecule has 1 spiro atoms. The van der Waals surface area contributed by atoms with Crippen LogP contribution in [0.2, 0.25) is 0 Å². The Morgan fingerprint density at radius 3 is 2.05 bits per heavy atom. The molecule has 0 amide bonds. The van der Waals surface area contributed by atoms with Crippen molar-refractivity contribution < 1.29 is 4.42 Å². The second-order valence-electron chi connectivity index (χ2n) is 19.2. The predicted molar refractivity (Wildman–Crippen MR) is 264 cm³/mol. The van der Waals surface area contributed by atoms with Crippen LogP contribution in [-0.2, 0) is 10.8 Å². The number of para-hydroxylation sites is 1. The third-order valence-corrected chi connectivity index (χ3v) is 15.3. The van der Waals surface area contributed by atoms with E-state index in [4.69, 9.17) is 4.42 Å². The number of fused-ring (bicyclic) bond motifs is 11. The second kappa shape index (κ2) is 14.3. The molecule has 2 unspecified atom stereocenters. The summed E-state index contributed by atoms with van der Waals surface area (Å²) >= 11 is 0. The number of hydrogen-bond donors (Lipinski definition) is 2. The summed E-state index contributed by atoms with van der Waals surface area (Å²) in [6.45, 7) is 4.86. The molecule has 3 aliphatic carbocycles. The van der Waals surface area contributed by atoms with Gasteiger partial charge in [0, 0.05) is 32.9 Å².